The van der Waals surface area contributed by atoms with Crippen molar-refractivity contribution in [3.8, 4) is 0 Å². The topological polar surface area (TPSA) is 38.1 Å². The highest BCUT2D eigenvalue weighted by atomic mass is 33.1. The molecule has 0 unspecified atom stereocenters. The van der Waals surface area contributed by atoms with E-state index in [1.807, 2.05) is 40.0 Å². The van der Waals surface area contributed by atoms with Crippen molar-refractivity contribution < 1.29 is 4.79 Å². The van der Waals surface area contributed by atoms with Gasteiger partial charge in [-0.2, -0.15) is 0 Å². The van der Waals surface area contributed by atoms with Crippen LogP contribution >= 0.6 is 21.6 Å². The molecule has 134 valence electrons. The highest BCUT2D eigenvalue weighted by Gasteiger charge is 2.27. The number of fused-ring (bicyclic) bond motifs is 1. The lowest BCUT2D eigenvalue weighted by atomic mass is 10.1. The zero-order valence-electron chi connectivity index (χ0n) is 14.5. The minimum absolute atomic E-state index is 0.334. The fourth-order valence-corrected chi connectivity index (χ4v) is 6.86. The monoisotopic (exact) mass is 375 g/mol. The van der Waals surface area contributed by atoms with Crippen LogP contribution in [0.5, 0.6) is 0 Å². The summed E-state index contributed by atoms with van der Waals surface area (Å²) >= 11 is 0. The number of hydrogen-bond acceptors (Lipinski definition) is 4. The number of imidazole rings is 1. The maximum Gasteiger partial charge on any atom is 0.222 e. The first-order chi connectivity index (χ1) is 12.3. The minimum Gasteiger partial charge on any atom is -0.341 e. The molecule has 0 radical (unpaired) electrons. The van der Waals surface area contributed by atoms with Crippen molar-refractivity contribution in [1.82, 2.24) is 14.5 Å². The number of para-hydroxylation sites is 2. The summed E-state index contributed by atoms with van der Waals surface area (Å²) in [5.41, 5.74) is 2.21. The fourth-order valence-electron chi connectivity index (χ4n) is 3.84. The molecule has 4 nitrogen and oxygen atoms in total. The van der Waals surface area contributed by atoms with Crippen molar-refractivity contribution >= 4 is 38.5 Å². The van der Waals surface area contributed by atoms with Crippen LogP contribution in [0.2, 0.25) is 0 Å². The van der Waals surface area contributed by atoms with Crippen LogP contribution in [0.3, 0.4) is 0 Å². The van der Waals surface area contributed by atoms with Gasteiger partial charge in [-0.3, -0.25) is 4.79 Å². The van der Waals surface area contributed by atoms with E-state index < -0.39 is 0 Å². The van der Waals surface area contributed by atoms with E-state index in [1.165, 1.54) is 30.5 Å². The molecule has 0 saturated carbocycles. The first-order valence-electron chi connectivity index (χ1n) is 9.29. The second kappa shape index (κ2) is 8.04. The Bertz CT molecular complexity index is 726. The first-order valence-corrected chi connectivity index (χ1v) is 11.7. The van der Waals surface area contributed by atoms with Gasteiger partial charge in [0.15, 0.2) is 0 Å². The maximum atomic E-state index is 12.5. The van der Waals surface area contributed by atoms with E-state index in [9.17, 15) is 4.79 Å². The molecule has 3 heterocycles. The third-order valence-electron chi connectivity index (χ3n) is 5.28. The van der Waals surface area contributed by atoms with Crippen molar-refractivity contribution in [3.63, 3.8) is 0 Å². The number of hydrogen-bond donors (Lipinski definition) is 0. The molecule has 1 amide bonds. The molecule has 2 saturated heterocycles. The molecule has 2 aromatic rings. The van der Waals surface area contributed by atoms with Gasteiger partial charge in [0.05, 0.1) is 23.4 Å². The molecular formula is C19H25N3OS2. The number of carbonyl (C=O) groups is 1. The molecule has 2 atom stereocenters. The number of amides is 1. The summed E-state index contributed by atoms with van der Waals surface area (Å²) in [4.78, 5) is 19.1. The van der Waals surface area contributed by atoms with Gasteiger partial charge >= 0.3 is 0 Å². The number of benzene rings is 1. The average molecular weight is 376 g/mol. The van der Waals surface area contributed by atoms with Crippen LogP contribution < -0.4 is 0 Å². The van der Waals surface area contributed by atoms with Crippen LogP contribution in [0.15, 0.2) is 30.6 Å². The molecular weight excluding hydrogens is 350 g/mol. The minimum atomic E-state index is 0.334. The summed E-state index contributed by atoms with van der Waals surface area (Å²) in [6, 6.07) is 8.60. The van der Waals surface area contributed by atoms with Crippen molar-refractivity contribution in [3.05, 3.63) is 30.6 Å². The average Bonchev–Trinajstić information content (AvgIpc) is 3.38. The van der Waals surface area contributed by atoms with Gasteiger partial charge in [0, 0.05) is 30.5 Å². The summed E-state index contributed by atoms with van der Waals surface area (Å²) < 4.78 is 2.25. The Hall–Kier alpha value is -1.14. The molecule has 6 heteroatoms. The molecule has 1 aromatic heterocycles. The molecule has 0 N–H and O–H groups in total. The molecule has 0 spiro atoms. The zero-order valence-corrected chi connectivity index (χ0v) is 16.1. The number of unbranched alkanes of at least 4 members (excludes halogenated alkanes) is 1. The number of likely N-dealkylation sites (tertiary alicyclic amines) is 1. The summed E-state index contributed by atoms with van der Waals surface area (Å²) in [5, 5.41) is 0.825. The van der Waals surface area contributed by atoms with Gasteiger partial charge in [-0.25, -0.2) is 4.98 Å². The van der Waals surface area contributed by atoms with Crippen LogP contribution in [0, 0.1) is 0 Å². The predicted octanol–water partition coefficient (Wildman–Crippen LogP) is 4.52. The van der Waals surface area contributed by atoms with Crippen LogP contribution in [-0.4, -0.2) is 44.5 Å². The Morgan fingerprint density at radius 3 is 3.04 bits per heavy atom. The van der Waals surface area contributed by atoms with Gasteiger partial charge in [0.1, 0.15) is 0 Å². The van der Waals surface area contributed by atoms with Gasteiger partial charge in [-0.15, -0.1) is 0 Å². The Kier molecular flexibility index (Phi) is 5.56. The molecule has 2 aliphatic heterocycles. The Morgan fingerprint density at radius 2 is 2.16 bits per heavy atom. The molecule has 4 rings (SSSR count). The van der Waals surface area contributed by atoms with Gasteiger partial charge in [-0.05, 0) is 37.8 Å². The quantitative estimate of drug-likeness (QED) is 0.549. The van der Waals surface area contributed by atoms with E-state index >= 15 is 0 Å². The zero-order chi connectivity index (χ0) is 17.1. The normalized spacial score (nSPS) is 23.6. The van der Waals surface area contributed by atoms with Crippen LogP contribution in [-0.2, 0) is 4.79 Å². The Labute approximate surface area is 157 Å². The molecule has 2 fully saturated rings. The second-order valence-corrected chi connectivity index (χ2v) is 9.78. The van der Waals surface area contributed by atoms with E-state index in [4.69, 9.17) is 0 Å². The molecule has 25 heavy (non-hydrogen) atoms. The van der Waals surface area contributed by atoms with Gasteiger partial charge < -0.3 is 9.47 Å². The van der Waals surface area contributed by atoms with Gasteiger partial charge in [0.25, 0.3) is 0 Å². The molecule has 0 aliphatic carbocycles. The lowest BCUT2D eigenvalue weighted by molar-refractivity contribution is -0.130. The summed E-state index contributed by atoms with van der Waals surface area (Å²) in [6.07, 6.45) is 8.51. The van der Waals surface area contributed by atoms with Crippen molar-refractivity contribution in [2.75, 3.05) is 18.8 Å². The van der Waals surface area contributed by atoms with Crippen LogP contribution in [0.25, 0.3) is 11.0 Å². The predicted molar refractivity (Wildman–Crippen MR) is 107 cm³/mol. The summed E-state index contributed by atoms with van der Waals surface area (Å²) in [5.74, 6) is 1.63. The third-order valence-corrected chi connectivity index (χ3v) is 8.29. The first kappa shape index (κ1) is 17.3. The van der Waals surface area contributed by atoms with E-state index in [0.717, 1.165) is 36.7 Å². The van der Waals surface area contributed by atoms with E-state index in [-0.39, 0.29) is 0 Å². The molecule has 1 aromatic carbocycles. The van der Waals surface area contributed by atoms with Crippen LogP contribution in [0.4, 0.5) is 0 Å². The third kappa shape index (κ3) is 4.00. The van der Waals surface area contributed by atoms with Crippen molar-refractivity contribution in [2.45, 2.75) is 49.8 Å². The maximum absolute atomic E-state index is 12.5. The fraction of sp³-hybridized carbons (Fsp3) is 0.579. The molecule has 2 aliphatic rings. The standard InChI is InChI=1S/C19H25N3OS2/c23-19(8-4-1-5-16-10-12-24-25-16)21-11-9-15(13-21)22-14-20-17-6-2-3-7-18(17)22/h2-3,6-7,14-16H,1,4-5,8-13H2/t15-,16+/m1/s1. The highest BCUT2D eigenvalue weighted by Crippen LogP contribution is 2.40. The van der Waals surface area contributed by atoms with E-state index in [2.05, 4.69) is 26.6 Å². The summed E-state index contributed by atoms with van der Waals surface area (Å²) in [7, 11) is 4.04. The van der Waals surface area contributed by atoms with Crippen molar-refractivity contribution in [1.29, 1.82) is 0 Å². The smallest absolute Gasteiger partial charge is 0.222 e. The number of nitrogens with zero attached hydrogens (tertiary/aromatic N) is 3. The lowest BCUT2D eigenvalue weighted by Crippen LogP contribution is -2.28. The van der Waals surface area contributed by atoms with Gasteiger partial charge in [0.2, 0.25) is 5.91 Å². The largest absolute Gasteiger partial charge is 0.341 e. The molecule has 0 bridgehead atoms. The number of aromatic nitrogens is 2. The van der Waals surface area contributed by atoms with Gasteiger partial charge in [-0.1, -0.05) is 40.1 Å². The SMILES string of the molecule is O=C(CCCC[C@H]1CCSS1)N1CC[C@@H](n2cnc3ccccc32)C1. The number of rotatable bonds is 6. The Morgan fingerprint density at radius 1 is 1.24 bits per heavy atom. The Balaban J connectivity index is 1.26. The number of carbonyl (C=O) groups excluding carboxylic acids is 1. The van der Waals surface area contributed by atoms with Crippen molar-refractivity contribution in [2.24, 2.45) is 0 Å². The van der Waals surface area contributed by atoms with E-state index in [1.54, 1.807) is 0 Å². The van der Waals surface area contributed by atoms with E-state index in [0.29, 0.717) is 18.4 Å². The lowest BCUT2D eigenvalue weighted by Gasteiger charge is -2.17. The second-order valence-electron chi connectivity index (χ2n) is 7.00. The van der Waals surface area contributed by atoms with Crippen LogP contribution in [0.1, 0.15) is 44.6 Å². The highest BCUT2D eigenvalue weighted by molar-refractivity contribution is 8.77. The summed E-state index contributed by atoms with van der Waals surface area (Å²) in [6.45, 7) is 1.71.